The predicted octanol–water partition coefficient (Wildman–Crippen LogP) is 5.18. The maximum atomic E-state index is 4.25. The molecule has 1 aliphatic rings. The molecule has 1 aromatic rings. The van der Waals surface area contributed by atoms with Crippen LogP contribution in [0.25, 0.3) is 0 Å². The Morgan fingerprint density at radius 3 is 2.85 bits per heavy atom. The van der Waals surface area contributed by atoms with Crippen LogP contribution in [0.5, 0.6) is 0 Å². The summed E-state index contributed by atoms with van der Waals surface area (Å²) in [6.45, 7) is 16.2. The standard InChI is InChI=1S/C23H35N3/c1-7-12-24-16-19(4)11-14-26-20(5)22(17-25(6)13-8-2)21-15-18(3)9-10-23(21)26/h7,9-10,12,15-16,20,22H,4,8,11,13-14,17H2,1-3,5-6H3/b12-7-,24-16?. The first-order chi connectivity index (χ1) is 12.5. The first-order valence-electron chi connectivity index (χ1n) is 9.85. The van der Waals surface area contributed by atoms with Crippen molar-refractivity contribution in [2.75, 3.05) is 31.6 Å². The summed E-state index contributed by atoms with van der Waals surface area (Å²) in [5.74, 6) is 0.561. The zero-order valence-electron chi connectivity index (χ0n) is 17.2. The summed E-state index contributed by atoms with van der Waals surface area (Å²) < 4.78 is 0. The number of nitrogens with zero attached hydrogens (tertiary/aromatic N) is 3. The Labute approximate surface area is 160 Å². The second-order valence-electron chi connectivity index (χ2n) is 7.53. The molecule has 0 aliphatic carbocycles. The van der Waals surface area contributed by atoms with Gasteiger partial charge in [0.25, 0.3) is 0 Å². The van der Waals surface area contributed by atoms with Crippen LogP contribution in [0.15, 0.2) is 47.6 Å². The van der Waals surface area contributed by atoms with Gasteiger partial charge in [-0.05, 0) is 64.4 Å². The van der Waals surface area contributed by atoms with Gasteiger partial charge in [-0.3, -0.25) is 4.99 Å². The monoisotopic (exact) mass is 353 g/mol. The molecule has 0 N–H and O–H groups in total. The highest BCUT2D eigenvalue weighted by Gasteiger charge is 2.35. The minimum atomic E-state index is 0.506. The Morgan fingerprint density at radius 1 is 1.38 bits per heavy atom. The van der Waals surface area contributed by atoms with E-state index in [1.54, 1.807) is 6.20 Å². The van der Waals surface area contributed by atoms with Gasteiger partial charge >= 0.3 is 0 Å². The topological polar surface area (TPSA) is 18.8 Å². The molecule has 2 unspecified atom stereocenters. The number of anilines is 1. The van der Waals surface area contributed by atoms with Gasteiger partial charge in [-0.15, -0.1) is 0 Å². The second kappa shape index (κ2) is 9.72. The molecule has 2 rings (SSSR count). The van der Waals surface area contributed by atoms with Crippen LogP contribution in [0.3, 0.4) is 0 Å². The highest BCUT2D eigenvalue weighted by molar-refractivity contribution is 5.78. The molecular formula is C23H35N3. The largest absolute Gasteiger partial charge is 0.368 e. The van der Waals surface area contributed by atoms with Crippen molar-refractivity contribution in [1.82, 2.24) is 4.90 Å². The maximum Gasteiger partial charge on any atom is 0.0405 e. The number of hydrogen-bond acceptors (Lipinski definition) is 3. The quantitative estimate of drug-likeness (QED) is 0.570. The van der Waals surface area contributed by atoms with Crippen LogP contribution in [0, 0.1) is 6.92 Å². The van der Waals surface area contributed by atoms with Crippen LogP contribution in [0.1, 0.15) is 50.7 Å². The van der Waals surface area contributed by atoms with E-state index < -0.39 is 0 Å². The van der Waals surface area contributed by atoms with Crippen molar-refractivity contribution in [1.29, 1.82) is 0 Å². The fourth-order valence-corrected chi connectivity index (χ4v) is 3.88. The first-order valence-corrected chi connectivity index (χ1v) is 9.85. The lowest BCUT2D eigenvalue weighted by Crippen LogP contribution is -2.36. The highest BCUT2D eigenvalue weighted by atomic mass is 15.2. The Morgan fingerprint density at radius 2 is 2.15 bits per heavy atom. The average molecular weight is 354 g/mol. The normalized spacial score (nSPS) is 19.8. The molecule has 0 fully saturated rings. The summed E-state index contributed by atoms with van der Waals surface area (Å²) in [6.07, 6.45) is 7.76. The molecule has 0 aromatic heterocycles. The Bertz CT molecular complexity index is 659. The van der Waals surface area contributed by atoms with E-state index in [0.29, 0.717) is 12.0 Å². The summed E-state index contributed by atoms with van der Waals surface area (Å²) in [7, 11) is 2.24. The molecule has 1 aliphatic heterocycles. The van der Waals surface area contributed by atoms with Gasteiger partial charge in [0.2, 0.25) is 0 Å². The molecule has 3 heteroatoms. The third kappa shape index (κ3) is 5.07. The van der Waals surface area contributed by atoms with Gasteiger partial charge in [-0.2, -0.15) is 0 Å². The van der Waals surface area contributed by atoms with Crippen LogP contribution in [-0.2, 0) is 0 Å². The van der Waals surface area contributed by atoms with Crippen LogP contribution in [0.2, 0.25) is 0 Å². The molecule has 26 heavy (non-hydrogen) atoms. The number of benzene rings is 1. The summed E-state index contributed by atoms with van der Waals surface area (Å²) in [6, 6.07) is 7.43. The number of aryl methyl sites for hydroxylation is 1. The van der Waals surface area contributed by atoms with Crippen molar-refractivity contribution in [2.45, 2.75) is 52.5 Å². The summed E-state index contributed by atoms with van der Waals surface area (Å²) >= 11 is 0. The van der Waals surface area contributed by atoms with Crippen LogP contribution >= 0.6 is 0 Å². The van der Waals surface area contributed by atoms with Gasteiger partial charge in [-0.1, -0.05) is 37.3 Å². The fourth-order valence-electron chi connectivity index (χ4n) is 3.88. The predicted molar refractivity (Wildman–Crippen MR) is 116 cm³/mol. The molecular weight excluding hydrogens is 318 g/mol. The zero-order valence-corrected chi connectivity index (χ0v) is 17.2. The van der Waals surface area contributed by atoms with Gasteiger partial charge in [0, 0.05) is 43.2 Å². The van der Waals surface area contributed by atoms with E-state index in [4.69, 9.17) is 0 Å². The average Bonchev–Trinajstić information content (AvgIpc) is 2.85. The number of likely N-dealkylation sites (N-methyl/N-ethyl adjacent to an activating group) is 1. The van der Waals surface area contributed by atoms with Gasteiger partial charge < -0.3 is 9.80 Å². The molecule has 0 bridgehead atoms. The molecule has 0 radical (unpaired) electrons. The molecule has 0 saturated heterocycles. The molecule has 0 spiro atoms. The molecule has 142 valence electrons. The highest BCUT2D eigenvalue weighted by Crippen LogP contribution is 2.41. The lowest BCUT2D eigenvalue weighted by molar-refractivity contribution is 0.300. The second-order valence-corrected chi connectivity index (χ2v) is 7.53. The Kier molecular flexibility index (Phi) is 7.65. The van der Waals surface area contributed by atoms with Crippen molar-refractivity contribution in [3.8, 4) is 0 Å². The number of allylic oxidation sites excluding steroid dienone is 1. The lowest BCUT2D eigenvalue weighted by atomic mass is 9.94. The minimum absolute atomic E-state index is 0.506. The first kappa shape index (κ1) is 20.4. The number of rotatable bonds is 9. The Balaban J connectivity index is 2.14. The SMILES string of the molecule is C=C(C=N/C=C\C)CCN1c2ccc(C)cc2C(CN(C)CCC)C1C. The third-order valence-corrected chi connectivity index (χ3v) is 5.25. The third-order valence-electron chi connectivity index (χ3n) is 5.25. The van der Waals surface area contributed by atoms with E-state index in [1.165, 1.54) is 23.2 Å². The van der Waals surface area contributed by atoms with Gasteiger partial charge in [-0.25, -0.2) is 0 Å². The lowest BCUT2D eigenvalue weighted by Gasteiger charge is -2.29. The Hall–Kier alpha value is -1.87. The molecule has 1 heterocycles. The maximum absolute atomic E-state index is 4.25. The smallest absolute Gasteiger partial charge is 0.0405 e. The van der Waals surface area contributed by atoms with Crippen molar-refractivity contribution >= 4 is 11.9 Å². The summed E-state index contributed by atoms with van der Waals surface area (Å²) in [5.41, 5.74) is 5.34. The van der Waals surface area contributed by atoms with Crippen LogP contribution in [-0.4, -0.2) is 43.8 Å². The van der Waals surface area contributed by atoms with E-state index in [-0.39, 0.29) is 0 Å². The van der Waals surface area contributed by atoms with E-state index in [0.717, 1.165) is 31.6 Å². The van der Waals surface area contributed by atoms with Crippen LogP contribution < -0.4 is 4.90 Å². The van der Waals surface area contributed by atoms with Crippen molar-refractivity contribution < 1.29 is 0 Å². The van der Waals surface area contributed by atoms with Crippen molar-refractivity contribution in [3.05, 3.63) is 53.8 Å². The zero-order chi connectivity index (χ0) is 19.1. The van der Waals surface area contributed by atoms with E-state index in [2.05, 4.69) is 67.4 Å². The fraction of sp³-hybridized carbons (Fsp3) is 0.522. The number of aliphatic imine (C=N–C) groups is 1. The van der Waals surface area contributed by atoms with E-state index in [9.17, 15) is 0 Å². The van der Waals surface area contributed by atoms with E-state index in [1.807, 2.05) is 19.2 Å². The number of hydrogen-bond donors (Lipinski definition) is 0. The van der Waals surface area contributed by atoms with Crippen LogP contribution in [0.4, 0.5) is 5.69 Å². The summed E-state index contributed by atoms with van der Waals surface area (Å²) in [5, 5.41) is 0. The molecule has 3 nitrogen and oxygen atoms in total. The van der Waals surface area contributed by atoms with Gasteiger partial charge in [0.1, 0.15) is 0 Å². The molecule has 1 aromatic carbocycles. The van der Waals surface area contributed by atoms with E-state index >= 15 is 0 Å². The molecule has 0 saturated carbocycles. The summed E-state index contributed by atoms with van der Waals surface area (Å²) in [4.78, 5) is 9.29. The minimum Gasteiger partial charge on any atom is -0.368 e. The van der Waals surface area contributed by atoms with Crippen molar-refractivity contribution in [3.63, 3.8) is 0 Å². The van der Waals surface area contributed by atoms with Gasteiger partial charge in [0.15, 0.2) is 0 Å². The number of fused-ring (bicyclic) bond motifs is 1. The molecule has 0 amide bonds. The van der Waals surface area contributed by atoms with Gasteiger partial charge in [0.05, 0.1) is 0 Å². The van der Waals surface area contributed by atoms with Crippen molar-refractivity contribution in [2.24, 2.45) is 4.99 Å². The molecule has 2 atom stereocenters.